The summed E-state index contributed by atoms with van der Waals surface area (Å²) in [6.45, 7) is 18.2. The fourth-order valence-corrected chi connectivity index (χ4v) is 6.98. The third-order valence-corrected chi connectivity index (χ3v) is 9.54. The van der Waals surface area contributed by atoms with Gasteiger partial charge in [0.15, 0.2) is 5.78 Å². The number of carbonyl (C=O) groups excluding carboxylic acids is 1. The number of carbonyl (C=O) groups is 1. The fourth-order valence-electron chi connectivity index (χ4n) is 6.98. The van der Waals surface area contributed by atoms with Crippen LogP contribution in [0.2, 0.25) is 0 Å². The van der Waals surface area contributed by atoms with Crippen molar-refractivity contribution >= 4 is 5.78 Å². The van der Waals surface area contributed by atoms with E-state index in [-0.39, 0.29) is 22.7 Å². The van der Waals surface area contributed by atoms with E-state index in [1.165, 1.54) is 0 Å². The van der Waals surface area contributed by atoms with Gasteiger partial charge in [-0.2, -0.15) is 0 Å². The quantitative estimate of drug-likeness (QED) is 0.103. The van der Waals surface area contributed by atoms with E-state index in [0.717, 1.165) is 22.3 Å². The molecule has 5 nitrogen and oxygen atoms in total. The van der Waals surface area contributed by atoms with E-state index in [4.69, 9.17) is 4.74 Å². The summed E-state index contributed by atoms with van der Waals surface area (Å²) in [7, 11) is 0. The first-order valence-electron chi connectivity index (χ1n) is 15.9. The highest BCUT2D eigenvalue weighted by atomic mass is 16.6. The van der Waals surface area contributed by atoms with Crippen molar-refractivity contribution in [2.24, 2.45) is 10.8 Å². The molecular weight excluding hydrogens is 548 g/mol. The number of rotatable bonds is 10. The van der Waals surface area contributed by atoms with Gasteiger partial charge in [0, 0.05) is 24.8 Å². The second-order valence-corrected chi connectivity index (χ2v) is 14.6. The smallest absolute Gasteiger partial charge is 0.161 e. The van der Waals surface area contributed by atoms with Crippen LogP contribution >= 0.6 is 0 Å². The van der Waals surface area contributed by atoms with E-state index in [0.29, 0.717) is 37.7 Å². The highest BCUT2D eigenvalue weighted by molar-refractivity contribution is 5.96. The van der Waals surface area contributed by atoms with E-state index in [2.05, 4.69) is 19.6 Å². The Morgan fingerprint density at radius 3 is 1.93 bits per heavy atom. The molecule has 3 rings (SSSR count). The van der Waals surface area contributed by atoms with Crippen LogP contribution in [-0.4, -0.2) is 50.6 Å². The van der Waals surface area contributed by atoms with Crippen molar-refractivity contribution in [1.29, 1.82) is 0 Å². The van der Waals surface area contributed by atoms with Crippen molar-refractivity contribution in [3.8, 4) is 0 Å². The zero-order chi connectivity index (χ0) is 32.9. The summed E-state index contributed by atoms with van der Waals surface area (Å²) in [5.41, 5.74) is 6.58. The molecule has 0 spiro atoms. The largest absolute Gasteiger partial charge is 0.393 e. The number of allylic oxidation sites excluding steroid dienone is 14. The molecule has 240 valence electrons. The van der Waals surface area contributed by atoms with E-state index in [9.17, 15) is 20.1 Å². The van der Waals surface area contributed by atoms with E-state index >= 15 is 0 Å². The molecule has 0 amide bonds. The summed E-state index contributed by atoms with van der Waals surface area (Å²) >= 11 is 0. The van der Waals surface area contributed by atoms with Gasteiger partial charge in [0.05, 0.1) is 23.9 Å². The minimum absolute atomic E-state index is 0.0869. The molecule has 5 atom stereocenters. The Kier molecular flexibility index (Phi) is 11.4. The third kappa shape index (κ3) is 8.68. The van der Waals surface area contributed by atoms with E-state index in [1.54, 1.807) is 0 Å². The van der Waals surface area contributed by atoms with Crippen LogP contribution in [0.25, 0.3) is 0 Å². The lowest BCUT2D eigenvalue weighted by Crippen LogP contribution is -2.48. The van der Waals surface area contributed by atoms with Gasteiger partial charge >= 0.3 is 0 Å². The summed E-state index contributed by atoms with van der Waals surface area (Å²) in [4.78, 5) is 13.1. The molecule has 0 aromatic carbocycles. The molecule has 1 saturated heterocycles. The van der Waals surface area contributed by atoms with Gasteiger partial charge in [0.25, 0.3) is 0 Å². The SMILES string of the molecule is C\C(C=C=C1[C@H](O)C[C@@H](O)CC1(C)C)=C/C=C/C(C)=C/C=C/C=C(C)/C=C/C=C(\C)C(=O)C[C@@]12O[C@]1(C)C[C@@H](O)CC2(C)C. The maximum atomic E-state index is 13.1. The van der Waals surface area contributed by atoms with Crippen LogP contribution in [0.5, 0.6) is 0 Å². The zero-order valence-electron chi connectivity index (χ0n) is 28.3. The van der Waals surface area contributed by atoms with Gasteiger partial charge in [0.2, 0.25) is 0 Å². The van der Waals surface area contributed by atoms with Crippen molar-refractivity contribution < 1.29 is 24.9 Å². The van der Waals surface area contributed by atoms with Crippen LogP contribution in [0, 0.1) is 10.8 Å². The van der Waals surface area contributed by atoms with Crippen molar-refractivity contribution in [3.63, 3.8) is 0 Å². The van der Waals surface area contributed by atoms with Gasteiger partial charge in [-0.1, -0.05) is 99.6 Å². The molecule has 44 heavy (non-hydrogen) atoms. The van der Waals surface area contributed by atoms with Crippen molar-refractivity contribution in [2.45, 2.75) is 124 Å². The highest BCUT2D eigenvalue weighted by Crippen LogP contribution is 2.67. The summed E-state index contributed by atoms with van der Waals surface area (Å²) in [5.74, 6) is 0.0869. The van der Waals surface area contributed by atoms with Gasteiger partial charge in [0.1, 0.15) is 5.60 Å². The Labute approximate surface area is 265 Å². The standard InChI is InChI=1S/C39H54O5/c1-27(16-12-17-29(3)20-21-33-34(42)22-31(40)23-36(33,5)6)14-10-11-15-28(2)18-13-19-30(4)35(43)26-39-37(7,8)24-32(41)25-38(39,9)44-39/h10-20,31-32,34,40-42H,22-26H2,1-9H3/b11-10+,16-12+,18-13+,27-14+,28-15+,29-17+,30-19+/t21?,31-,32+,34-,38-,39+/m1/s1. The molecule has 0 aromatic rings. The number of fused-ring (bicyclic) bond motifs is 1. The molecule has 2 aliphatic carbocycles. The molecule has 5 heteroatoms. The molecule has 0 bridgehead atoms. The Hall–Kier alpha value is -2.79. The Morgan fingerprint density at radius 2 is 1.36 bits per heavy atom. The summed E-state index contributed by atoms with van der Waals surface area (Å²) < 4.78 is 6.18. The Morgan fingerprint density at radius 1 is 0.795 bits per heavy atom. The maximum absolute atomic E-state index is 13.1. The van der Waals surface area contributed by atoms with Crippen LogP contribution in [-0.2, 0) is 9.53 Å². The second-order valence-electron chi connectivity index (χ2n) is 14.6. The number of ketones is 1. The van der Waals surface area contributed by atoms with Crippen LogP contribution in [0.15, 0.2) is 100 Å². The molecule has 0 unspecified atom stereocenters. The molecule has 1 aliphatic heterocycles. The van der Waals surface area contributed by atoms with Crippen LogP contribution < -0.4 is 0 Å². The van der Waals surface area contributed by atoms with Gasteiger partial charge in [-0.15, -0.1) is 5.73 Å². The van der Waals surface area contributed by atoms with E-state index < -0.39 is 23.4 Å². The fraction of sp³-hybridized carbons (Fsp3) is 0.538. The lowest BCUT2D eigenvalue weighted by Gasteiger charge is -2.40. The number of hydrogen-bond donors (Lipinski definition) is 3. The number of aliphatic hydroxyl groups is 3. The molecule has 2 saturated carbocycles. The molecule has 3 fully saturated rings. The number of Topliss-reactive ketones (excluding diaryl/α,β-unsaturated/α-hetero) is 1. The molecular formula is C39H54O5. The highest BCUT2D eigenvalue weighted by Gasteiger charge is 2.76. The first-order valence-corrected chi connectivity index (χ1v) is 15.9. The van der Waals surface area contributed by atoms with Crippen molar-refractivity contribution in [2.75, 3.05) is 0 Å². The number of hydrogen-bond acceptors (Lipinski definition) is 5. The molecule has 3 aliphatic rings. The van der Waals surface area contributed by atoms with Gasteiger partial charge in [-0.3, -0.25) is 4.79 Å². The molecule has 3 N–H and O–H groups in total. The lowest BCUT2D eigenvalue weighted by molar-refractivity contribution is -0.118. The molecule has 0 radical (unpaired) electrons. The second kappa shape index (κ2) is 14.1. The first-order chi connectivity index (χ1) is 20.4. The topological polar surface area (TPSA) is 90.3 Å². The van der Waals surface area contributed by atoms with Crippen LogP contribution in [0.3, 0.4) is 0 Å². The molecule has 1 heterocycles. The lowest BCUT2D eigenvalue weighted by atomic mass is 9.61. The van der Waals surface area contributed by atoms with Gasteiger partial charge < -0.3 is 20.1 Å². The van der Waals surface area contributed by atoms with Gasteiger partial charge in [-0.05, 0) is 75.5 Å². The normalized spacial score (nSPS) is 32.7. The number of ether oxygens (including phenoxy) is 1. The van der Waals surface area contributed by atoms with Gasteiger partial charge in [-0.25, -0.2) is 0 Å². The molecule has 0 aromatic heterocycles. The maximum Gasteiger partial charge on any atom is 0.161 e. The predicted molar refractivity (Wildman–Crippen MR) is 180 cm³/mol. The Bertz CT molecular complexity index is 1370. The average Bonchev–Trinajstić information content (AvgIpc) is 3.49. The first kappa shape index (κ1) is 35.7. The average molecular weight is 603 g/mol. The monoisotopic (exact) mass is 602 g/mol. The minimum Gasteiger partial charge on any atom is -0.393 e. The van der Waals surface area contributed by atoms with Crippen molar-refractivity contribution in [1.82, 2.24) is 0 Å². The van der Waals surface area contributed by atoms with Crippen LogP contribution in [0.1, 0.15) is 94.4 Å². The number of aliphatic hydroxyl groups excluding tert-OH is 3. The summed E-state index contributed by atoms with van der Waals surface area (Å²) in [6, 6.07) is 0. The minimum atomic E-state index is -0.658. The van der Waals surface area contributed by atoms with Crippen LogP contribution in [0.4, 0.5) is 0 Å². The number of epoxide rings is 1. The van der Waals surface area contributed by atoms with E-state index in [1.807, 2.05) is 115 Å². The third-order valence-electron chi connectivity index (χ3n) is 9.54. The summed E-state index contributed by atoms with van der Waals surface area (Å²) in [6.07, 6.45) is 22.8. The zero-order valence-corrected chi connectivity index (χ0v) is 28.3. The van der Waals surface area contributed by atoms with Crippen molar-refractivity contribution in [3.05, 3.63) is 100 Å². The Balaban J connectivity index is 1.51. The summed E-state index contributed by atoms with van der Waals surface area (Å²) in [5, 5.41) is 30.6. The predicted octanol–water partition coefficient (Wildman–Crippen LogP) is 7.73.